The maximum absolute atomic E-state index is 13.8. The predicted molar refractivity (Wildman–Crippen MR) is 58.5 cm³/mol. The molecule has 6 heteroatoms. The Morgan fingerprint density at radius 2 is 1.63 bits per heavy atom. The van der Waals surface area contributed by atoms with E-state index in [0.29, 0.717) is 6.07 Å². The van der Waals surface area contributed by atoms with E-state index >= 15 is 0 Å². The van der Waals surface area contributed by atoms with Gasteiger partial charge in [0.1, 0.15) is 17.4 Å². The molecule has 2 rings (SSSR count). The van der Waals surface area contributed by atoms with Crippen molar-refractivity contribution in [1.29, 1.82) is 0 Å². The minimum Gasteiger partial charge on any atom is -0.508 e. The van der Waals surface area contributed by atoms with Gasteiger partial charge in [0.05, 0.1) is 5.56 Å². The van der Waals surface area contributed by atoms with Crippen LogP contribution in [0.5, 0.6) is 5.75 Å². The van der Waals surface area contributed by atoms with E-state index in [9.17, 15) is 27.1 Å². The zero-order valence-electron chi connectivity index (χ0n) is 9.30. The highest BCUT2D eigenvalue weighted by atomic mass is 19.4. The molecule has 19 heavy (non-hydrogen) atoms. The Hall–Kier alpha value is -2.11. The molecule has 0 spiro atoms. The second-order valence-corrected chi connectivity index (χ2v) is 3.86. The fourth-order valence-electron chi connectivity index (χ4n) is 1.70. The molecule has 0 bridgehead atoms. The summed E-state index contributed by atoms with van der Waals surface area (Å²) in [5.74, 6) is -2.86. The third-order valence-electron chi connectivity index (χ3n) is 2.50. The molecular formula is C13H7F5O. The van der Waals surface area contributed by atoms with Gasteiger partial charge in [-0.05, 0) is 23.8 Å². The van der Waals surface area contributed by atoms with Gasteiger partial charge in [-0.3, -0.25) is 0 Å². The van der Waals surface area contributed by atoms with Crippen LogP contribution in [0.25, 0.3) is 11.1 Å². The van der Waals surface area contributed by atoms with Gasteiger partial charge in [0.25, 0.3) is 0 Å². The van der Waals surface area contributed by atoms with Crippen LogP contribution in [0, 0.1) is 11.6 Å². The minimum atomic E-state index is -4.84. The van der Waals surface area contributed by atoms with Crippen molar-refractivity contribution < 1.29 is 27.1 Å². The summed E-state index contributed by atoms with van der Waals surface area (Å²) < 4.78 is 64.5. The molecule has 0 aliphatic carbocycles. The van der Waals surface area contributed by atoms with Crippen LogP contribution in [0.4, 0.5) is 22.0 Å². The summed E-state index contributed by atoms with van der Waals surface area (Å²) in [6.45, 7) is 0. The molecule has 0 saturated heterocycles. The Labute approximate surface area is 104 Å². The summed E-state index contributed by atoms with van der Waals surface area (Å²) in [6.07, 6.45) is -4.84. The van der Waals surface area contributed by atoms with Crippen LogP contribution in [0.1, 0.15) is 5.56 Å². The highest BCUT2D eigenvalue weighted by molar-refractivity contribution is 5.66. The minimum absolute atomic E-state index is 0.166. The SMILES string of the molecule is Oc1cc(F)cc(-c2cccc(C(F)(F)F)c2F)c1. The largest absolute Gasteiger partial charge is 0.508 e. The summed E-state index contributed by atoms with van der Waals surface area (Å²) in [5.41, 5.74) is -2.03. The van der Waals surface area contributed by atoms with E-state index in [0.717, 1.165) is 30.3 Å². The first-order valence-corrected chi connectivity index (χ1v) is 5.14. The van der Waals surface area contributed by atoms with E-state index in [2.05, 4.69) is 0 Å². The standard InChI is InChI=1S/C13H7F5O/c14-8-4-7(5-9(19)6-8)10-2-1-3-11(12(10)15)13(16,17)18/h1-6,19H. The lowest BCUT2D eigenvalue weighted by Crippen LogP contribution is -2.08. The number of hydrogen-bond acceptors (Lipinski definition) is 1. The smallest absolute Gasteiger partial charge is 0.419 e. The van der Waals surface area contributed by atoms with Gasteiger partial charge in [-0.2, -0.15) is 13.2 Å². The molecule has 0 aliphatic rings. The fraction of sp³-hybridized carbons (Fsp3) is 0.0769. The van der Waals surface area contributed by atoms with Crippen molar-refractivity contribution >= 4 is 0 Å². The van der Waals surface area contributed by atoms with Crippen LogP contribution in [-0.4, -0.2) is 5.11 Å². The number of halogens is 5. The van der Waals surface area contributed by atoms with Crippen molar-refractivity contribution in [3.05, 3.63) is 53.6 Å². The number of aromatic hydroxyl groups is 1. The first-order valence-electron chi connectivity index (χ1n) is 5.14. The molecule has 1 nitrogen and oxygen atoms in total. The number of alkyl halides is 3. The highest BCUT2D eigenvalue weighted by Gasteiger charge is 2.34. The monoisotopic (exact) mass is 274 g/mol. The summed E-state index contributed by atoms with van der Waals surface area (Å²) in [7, 11) is 0. The van der Waals surface area contributed by atoms with Crippen LogP contribution in [0.15, 0.2) is 36.4 Å². The molecule has 0 amide bonds. The average Bonchev–Trinajstić information content (AvgIpc) is 2.26. The van der Waals surface area contributed by atoms with Crippen LogP contribution >= 0.6 is 0 Å². The molecule has 100 valence electrons. The van der Waals surface area contributed by atoms with Crippen LogP contribution in [0.3, 0.4) is 0 Å². The molecule has 2 aromatic rings. The molecule has 0 heterocycles. The molecule has 0 unspecified atom stereocenters. The third kappa shape index (κ3) is 2.67. The number of benzene rings is 2. The molecule has 0 radical (unpaired) electrons. The Morgan fingerprint density at radius 1 is 0.947 bits per heavy atom. The van der Waals surface area contributed by atoms with E-state index in [1.807, 2.05) is 0 Å². The van der Waals surface area contributed by atoms with Gasteiger partial charge in [-0.1, -0.05) is 12.1 Å². The normalized spacial score (nSPS) is 11.6. The van der Waals surface area contributed by atoms with Crippen molar-refractivity contribution in [2.24, 2.45) is 0 Å². The van der Waals surface area contributed by atoms with E-state index in [1.54, 1.807) is 0 Å². The number of rotatable bonds is 1. The van der Waals surface area contributed by atoms with Crippen molar-refractivity contribution in [1.82, 2.24) is 0 Å². The van der Waals surface area contributed by atoms with E-state index < -0.39 is 34.7 Å². The lowest BCUT2D eigenvalue weighted by Gasteiger charge is -2.11. The molecule has 1 N–H and O–H groups in total. The molecule has 0 fully saturated rings. The Kier molecular flexibility index (Phi) is 3.18. The van der Waals surface area contributed by atoms with E-state index in [-0.39, 0.29) is 5.56 Å². The van der Waals surface area contributed by atoms with Crippen molar-refractivity contribution in [3.63, 3.8) is 0 Å². The van der Waals surface area contributed by atoms with Gasteiger partial charge in [0.2, 0.25) is 0 Å². The summed E-state index contributed by atoms with van der Waals surface area (Å²) in [4.78, 5) is 0. The second kappa shape index (κ2) is 4.53. The maximum atomic E-state index is 13.8. The molecule has 2 aromatic carbocycles. The summed E-state index contributed by atoms with van der Waals surface area (Å²) in [6, 6.07) is 5.30. The molecule has 0 saturated carbocycles. The average molecular weight is 274 g/mol. The topological polar surface area (TPSA) is 20.2 Å². The van der Waals surface area contributed by atoms with Gasteiger partial charge >= 0.3 is 6.18 Å². The Bertz CT molecular complexity index is 599. The quantitative estimate of drug-likeness (QED) is 0.766. The van der Waals surface area contributed by atoms with Gasteiger partial charge in [-0.15, -0.1) is 0 Å². The molecule has 0 aliphatic heterocycles. The summed E-state index contributed by atoms with van der Waals surface area (Å²) >= 11 is 0. The van der Waals surface area contributed by atoms with E-state index in [4.69, 9.17) is 0 Å². The van der Waals surface area contributed by atoms with E-state index in [1.165, 1.54) is 0 Å². The Balaban J connectivity index is 2.63. The first kappa shape index (κ1) is 13.3. The zero-order valence-corrected chi connectivity index (χ0v) is 9.30. The highest BCUT2D eigenvalue weighted by Crippen LogP contribution is 2.36. The number of phenols is 1. The van der Waals surface area contributed by atoms with Gasteiger partial charge < -0.3 is 5.11 Å². The van der Waals surface area contributed by atoms with Crippen molar-refractivity contribution in [2.45, 2.75) is 6.18 Å². The Morgan fingerprint density at radius 3 is 2.21 bits per heavy atom. The first-order chi connectivity index (χ1) is 8.79. The maximum Gasteiger partial charge on any atom is 0.419 e. The molecular weight excluding hydrogens is 267 g/mol. The van der Waals surface area contributed by atoms with Crippen LogP contribution in [0.2, 0.25) is 0 Å². The van der Waals surface area contributed by atoms with Gasteiger partial charge in [0.15, 0.2) is 0 Å². The third-order valence-corrected chi connectivity index (χ3v) is 2.50. The number of hydrogen-bond donors (Lipinski definition) is 1. The van der Waals surface area contributed by atoms with Crippen molar-refractivity contribution in [3.8, 4) is 16.9 Å². The predicted octanol–water partition coefficient (Wildman–Crippen LogP) is 4.36. The van der Waals surface area contributed by atoms with Gasteiger partial charge in [-0.25, -0.2) is 8.78 Å². The second-order valence-electron chi connectivity index (χ2n) is 3.86. The molecule has 0 aromatic heterocycles. The zero-order chi connectivity index (χ0) is 14.2. The lowest BCUT2D eigenvalue weighted by atomic mass is 10.0. The van der Waals surface area contributed by atoms with Crippen LogP contribution < -0.4 is 0 Å². The fourth-order valence-corrected chi connectivity index (χ4v) is 1.70. The lowest BCUT2D eigenvalue weighted by molar-refractivity contribution is -0.139. The number of phenolic OH excluding ortho intramolecular Hbond substituents is 1. The molecule has 0 atom stereocenters. The summed E-state index contributed by atoms with van der Waals surface area (Å²) in [5, 5.41) is 9.19. The van der Waals surface area contributed by atoms with Gasteiger partial charge in [0, 0.05) is 11.6 Å². The van der Waals surface area contributed by atoms with Crippen LogP contribution in [-0.2, 0) is 6.18 Å². The van der Waals surface area contributed by atoms with Crippen molar-refractivity contribution in [2.75, 3.05) is 0 Å².